The Morgan fingerprint density at radius 2 is 0.667 bits per heavy atom. The van der Waals surface area contributed by atoms with Crippen molar-refractivity contribution in [2.45, 2.75) is 16.2 Å². The van der Waals surface area contributed by atoms with Crippen LogP contribution in [0.4, 0.5) is 0 Å². The van der Waals surface area contributed by atoms with E-state index >= 15 is 0 Å². The quantitative estimate of drug-likeness (QED) is 0.330. The van der Waals surface area contributed by atoms with Crippen molar-refractivity contribution in [2.75, 3.05) is 0 Å². The lowest BCUT2D eigenvalue weighted by atomic mass is 10.1. The second kappa shape index (κ2) is 10.3. The molecule has 4 N–H and O–H groups in total. The molecular formula is C25H22O4S. The van der Waals surface area contributed by atoms with E-state index in [-0.39, 0.29) is 23.0 Å². The van der Waals surface area contributed by atoms with Gasteiger partial charge in [0, 0.05) is 9.79 Å². The molecule has 0 aliphatic carbocycles. The average molecular weight is 419 g/mol. The van der Waals surface area contributed by atoms with E-state index in [0.29, 0.717) is 0 Å². The van der Waals surface area contributed by atoms with Gasteiger partial charge in [-0.15, -0.1) is 0 Å². The van der Waals surface area contributed by atoms with Gasteiger partial charge in [0.05, 0.1) is 0 Å². The van der Waals surface area contributed by atoms with Gasteiger partial charge in [-0.1, -0.05) is 36.0 Å². The first kappa shape index (κ1) is 21.1. The zero-order chi connectivity index (χ0) is 21.3. The minimum Gasteiger partial charge on any atom is -0.508 e. The van der Waals surface area contributed by atoms with Crippen molar-refractivity contribution in [3.8, 4) is 23.0 Å². The molecule has 0 radical (unpaired) electrons. The summed E-state index contributed by atoms with van der Waals surface area (Å²) in [4.78, 5) is 2.11. The van der Waals surface area contributed by atoms with Crippen LogP contribution in [0.15, 0.2) is 107 Å². The van der Waals surface area contributed by atoms with Crippen molar-refractivity contribution < 1.29 is 20.4 Å². The van der Waals surface area contributed by atoms with Crippen LogP contribution >= 0.6 is 11.8 Å². The van der Waals surface area contributed by atoms with Gasteiger partial charge in [0.1, 0.15) is 23.0 Å². The molecule has 0 bridgehead atoms. The van der Waals surface area contributed by atoms with Gasteiger partial charge in [-0.25, -0.2) is 0 Å². The molecule has 0 saturated carbocycles. The molecule has 0 aliphatic rings. The third-order valence-electron chi connectivity index (χ3n) is 4.19. The Labute approximate surface area is 179 Å². The Morgan fingerprint density at radius 1 is 0.400 bits per heavy atom. The van der Waals surface area contributed by atoms with Crippen molar-refractivity contribution in [1.82, 2.24) is 0 Å². The normalized spacial score (nSPS) is 10.1. The predicted octanol–water partition coefficient (Wildman–Crippen LogP) is 5.94. The summed E-state index contributed by atoms with van der Waals surface area (Å²) in [6, 6.07) is 28.3. The van der Waals surface area contributed by atoms with Gasteiger partial charge in [-0.3, -0.25) is 0 Å². The SMILES string of the molecule is Oc1ccc(Cc2ccc(O)cc2)cc1.Oc1ccc(Sc2ccc(O)cc2)cc1. The molecule has 0 spiro atoms. The highest BCUT2D eigenvalue weighted by atomic mass is 32.2. The second-order valence-corrected chi connectivity index (χ2v) is 7.75. The van der Waals surface area contributed by atoms with Gasteiger partial charge in [-0.2, -0.15) is 0 Å². The van der Waals surface area contributed by atoms with E-state index in [4.69, 9.17) is 20.4 Å². The molecule has 4 aromatic carbocycles. The van der Waals surface area contributed by atoms with Crippen molar-refractivity contribution in [2.24, 2.45) is 0 Å². The van der Waals surface area contributed by atoms with E-state index in [1.807, 2.05) is 48.5 Å². The van der Waals surface area contributed by atoms with Crippen molar-refractivity contribution in [3.63, 3.8) is 0 Å². The van der Waals surface area contributed by atoms with Crippen LogP contribution < -0.4 is 0 Å². The molecule has 0 heterocycles. The summed E-state index contributed by atoms with van der Waals surface area (Å²) in [6.45, 7) is 0. The van der Waals surface area contributed by atoms with Crippen LogP contribution in [-0.2, 0) is 6.42 Å². The monoisotopic (exact) mass is 418 g/mol. The molecule has 0 amide bonds. The van der Waals surface area contributed by atoms with Gasteiger partial charge in [0.25, 0.3) is 0 Å². The summed E-state index contributed by atoms with van der Waals surface area (Å²) in [5, 5.41) is 36.5. The topological polar surface area (TPSA) is 80.9 Å². The summed E-state index contributed by atoms with van der Waals surface area (Å²) in [5.74, 6) is 1.10. The maximum atomic E-state index is 9.13. The van der Waals surface area contributed by atoms with E-state index in [1.54, 1.807) is 60.3 Å². The van der Waals surface area contributed by atoms with Crippen LogP contribution in [0, 0.1) is 0 Å². The summed E-state index contributed by atoms with van der Waals surface area (Å²) in [5.41, 5.74) is 2.27. The van der Waals surface area contributed by atoms with Gasteiger partial charge in [-0.05, 0) is 90.3 Å². The Kier molecular flexibility index (Phi) is 7.24. The molecule has 0 aromatic heterocycles. The van der Waals surface area contributed by atoms with E-state index < -0.39 is 0 Å². The number of benzene rings is 4. The highest BCUT2D eigenvalue weighted by Gasteiger charge is 1.98. The second-order valence-electron chi connectivity index (χ2n) is 6.60. The first-order chi connectivity index (χ1) is 14.5. The smallest absolute Gasteiger partial charge is 0.115 e. The van der Waals surface area contributed by atoms with Crippen molar-refractivity contribution >= 4 is 11.8 Å². The third kappa shape index (κ3) is 6.79. The van der Waals surface area contributed by atoms with Crippen LogP contribution in [0.5, 0.6) is 23.0 Å². The molecule has 4 rings (SSSR count). The summed E-state index contributed by atoms with van der Waals surface area (Å²) in [7, 11) is 0. The number of rotatable bonds is 4. The molecule has 5 heteroatoms. The van der Waals surface area contributed by atoms with Gasteiger partial charge >= 0.3 is 0 Å². The fourth-order valence-corrected chi connectivity index (χ4v) is 3.44. The molecule has 30 heavy (non-hydrogen) atoms. The molecule has 0 saturated heterocycles. The molecule has 0 fully saturated rings. The summed E-state index contributed by atoms with van der Waals surface area (Å²) in [6.07, 6.45) is 0.806. The molecule has 4 aromatic rings. The lowest BCUT2D eigenvalue weighted by Gasteiger charge is -2.02. The van der Waals surface area contributed by atoms with Crippen LogP contribution in [0.2, 0.25) is 0 Å². The predicted molar refractivity (Wildman–Crippen MR) is 119 cm³/mol. The Morgan fingerprint density at radius 3 is 0.967 bits per heavy atom. The lowest BCUT2D eigenvalue weighted by molar-refractivity contribution is 0.474. The maximum absolute atomic E-state index is 9.13. The molecule has 0 unspecified atom stereocenters. The fraction of sp³-hybridized carbons (Fsp3) is 0.0400. The highest BCUT2D eigenvalue weighted by molar-refractivity contribution is 7.99. The fourth-order valence-electron chi connectivity index (χ4n) is 2.63. The summed E-state index contributed by atoms with van der Waals surface area (Å²) < 4.78 is 0. The highest BCUT2D eigenvalue weighted by Crippen LogP contribution is 2.29. The van der Waals surface area contributed by atoms with Crippen LogP contribution in [0.25, 0.3) is 0 Å². The van der Waals surface area contributed by atoms with Crippen molar-refractivity contribution in [3.05, 3.63) is 108 Å². The first-order valence-corrected chi connectivity index (χ1v) is 10.1. The van der Waals surface area contributed by atoms with E-state index in [9.17, 15) is 0 Å². The minimum absolute atomic E-state index is 0.269. The number of hydrogen-bond donors (Lipinski definition) is 4. The standard InChI is InChI=1S/C13H12O2.C12H10O2S/c14-12-5-1-10(2-6-12)9-11-3-7-13(15)8-4-11;13-9-1-5-11(6-2-9)15-12-7-3-10(14)4-8-12/h1-8,14-15H,9H2;1-8,13-14H. The Hall–Kier alpha value is -3.57. The average Bonchev–Trinajstić information content (AvgIpc) is 2.75. The van der Waals surface area contributed by atoms with Crippen LogP contribution in [0.3, 0.4) is 0 Å². The Bertz CT molecular complexity index is 866. The first-order valence-electron chi connectivity index (χ1n) is 9.30. The van der Waals surface area contributed by atoms with E-state index in [2.05, 4.69) is 0 Å². The van der Waals surface area contributed by atoms with Crippen molar-refractivity contribution in [1.29, 1.82) is 0 Å². The zero-order valence-corrected chi connectivity index (χ0v) is 17.0. The van der Waals surface area contributed by atoms with Gasteiger partial charge in [0.2, 0.25) is 0 Å². The van der Waals surface area contributed by atoms with Gasteiger partial charge in [0.15, 0.2) is 0 Å². The number of hydrogen-bond acceptors (Lipinski definition) is 5. The lowest BCUT2D eigenvalue weighted by Crippen LogP contribution is -1.86. The number of aromatic hydroxyl groups is 4. The largest absolute Gasteiger partial charge is 0.508 e. The van der Waals surface area contributed by atoms with E-state index in [0.717, 1.165) is 27.3 Å². The summed E-state index contributed by atoms with van der Waals surface area (Å²) >= 11 is 1.58. The molecule has 4 nitrogen and oxygen atoms in total. The molecular weight excluding hydrogens is 396 g/mol. The Balaban J connectivity index is 0.000000171. The third-order valence-corrected chi connectivity index (χ3v) is 5.21. The number of phenols is 4. The molecule has 152 valence electrons. The van der Waals surface area contributed by atoms with Crippen LogP contribution in [0.1, 0.15) is 11.1 Å². The zero-order valence-electron chi connectivity index (χ0n) is 16.1. The van der Waals surface area contributed by atoms with Crippen LogP contribution in [-0.4, -0.2) is 20.4 Å². The molecule has 0 atom stereocenters. The van der Waals surface area contributed by atoms with E-state index in [1.165, 1.54) is 0 Å². The van der Waals surface area contributed by atoms with Gasteiger partial charge < -0.3 is 20.4 Å². The molecule has 0 aliphatic heterocycles. The number of phenolic OH excluding ortho intramolecular Hbond substituents is 4. The maximum Gasteiger partial charge on any atom is 0.115 e. The minimum atomic E-state index is 0.269.